The van der Waals surface area contributed by atoms with Crippen molar-refractivity contribution in [3.63, 3.8) is 0 Å². The number of aromatic nitrogens is 1. The summed E-state index contributed by atoms with van der Waals surface area (Å²) in [7, 11) is -1.97. The molecule has 1 amide bonds. The second-order valence-corrected chi connectivity index (χ2v) is 7.30. The molecule has 1 rings (SSSR count). The molecule has 0 atom stereocenters. The van der Waals surface area contributed by atoms with Gasteiger partial charge in [-0.05, 0) is 26.8 Å². The Balaban J connectivity index is 2.87. The zero-order valence-electron chi connectivity index (χ0n) is 12.2. The molecule has 1 aromatic heterocycles. The summed E-state index contributed by atoms with van der Waals surface area (Å²) in [4.78, 5) is 15.5. The van der Waals surface area contributed by atoms with Crippen LogP contribution < -0.4 is 9.62 Å². The van der Waals surface area contributed by atoms with Crippen molar-refractivity contribution < 1.29 is 17.9 Å². The first-order valence-electron chi connectivity index (χ1n) is 5.88. The predicted octanol–water partition coefficient (Wildman–Crippen LogP) is 1.82. The lowest BCUT2D eigenvalue weighted by molar-refractivity contribution is 0.0636. The van der Waals surface area contributed by atoms with E-state index in [1.54, 1.807) is 20.8 Å². The van der Waals surface area contributed by atoms with Crippen molar-refractivity contribution in [1.82, 2.24) is 4.98 Å². The molecule has 0 radical (unpaired) electrons. The average Bonchev–Trinajstić information content (AvgIpc) is 2.24. The first kappa shape index (κ1) is 16.2. The van der Waals surface area contributed by atoms with Gasteiger partial charge in [0, 0.05) is 7.05 Å². The summed E-state index contributed by atoms with van der Waals surface area (Å²) in [5.74, 6) is 0. The topological polar surface area (TPSA) is 88.6 Å². The molecule has 0 aliphatic heterocycles. The Morgan fingerprint density at radius 2 is 1.95 bits per heavy atom. The van der Waals surface area contributed by atoms with Crippen LogP contribution in [-0.2, 0) is 14.8 Å². The quantitative estimate of drug-likeness (QED) is 0.920. The maximum absolute atomic E-state index is 11.6. The molecular weight excluding hydrogens is 282 g/mol. The van der Waals surface area contributed by atoms with Crippen LogP contribution in [0.15, 0.2) is 18.5 Å². The predicted molar refractivity (Wildman–Crippen MR) is 77.3 cm³/mol. The summed E-state index contributed by atoms with van der Waals surface area (Å²) >= 11 is 0. The summed E-state index contributed by atoms with van der Waals surface area (Å²) in [6, 6.07) is 1.50. The van der Waals surface area contributed by atoms with Gasteiger partial charge < -0.3 is 4.74 Å². The summed E-state index contributed by atoms with van der Waals surface area (Å²) < 4.78 is 29.0. The number of hydrogen-bond donors (Lipinski definition) is 1. The Labute approximate surface area is 119 Å². The van der Waals surface area contributed by atoms with Gasteiger partial charge in [-0.1, -0.05) is 0 Å². The second kappa shape index (κ2) is 5.66. The van der Waals surface area contributed by atoms with E-state index in [0.717, 1.165) is 10.6 Å². The van der Waals surface area contributed by atoms with Gasteiger partial charge in [-0.15, -0.1) is 0 Å². The van der Waals surface area contributed by atoms with Gasteiger partial charge in [0.25, 0.3) is 0 Å². The van der Waals surface area contributed by atoms with Crippen LogP contribution in [0.4, 0.5) is 16.2 Å². The molecule has 0 fully saturated rings. The minimum absolute atomic E-state index is 0.348. The van der Waals surface area contributed by atoms with Crippen molar-refractivity contribution in [2.24, 2.45) is 0 Å². The highest BCUT2D eigenvalue weighted by molar-refractivity contribution is 7.92. The van der Waals surface area contributed by atoms with E-state index in [1.165, 1.54) is 25.5 Å². The molecule has 7 nitrogen and oxygen atoms in total. The molecule has 0 spiro atoms. The summed E-state index contributed by atoms with van der Waals surface area (Å²) in [6.07, 6.45) is 3.25. The van der Waals surface area contributed by atoms with Gasteiger partial charge in [-0.3, -0.25) is 14.6 Å². The number of ether oxygens (including phenoxy) is 1. The van der Waals surface area contributed by atoms with E-state index in [9.17, 15) is 13.2 Å². The molecule has 1 N–H and O–H groups in total. The standard InChI is InChI=1S/C12H19N3O4S/c1-12(2,3)19-11(16)14-9-6-10(8-13-7-9)15(4)20(5,17)18/h6-8H,1-5H3,(H,14,16). The Morgan fingerprint density at radius 1 is 1.35 bits per heavy atom. The summed E-state index contributed by atoms with van der Waals surface area (Å²) in [5.41, 5.74) is 0.0897. The molecule has 0 saturated carbocycles. The second-order valence-electron chi connectivity index (χ2n) is 5.29. The summed E-state index contributed by atoms with van der Waals surface area (Å²) in [6.45, 7) is 5.25. The number of carbonyl (C=O) groups excluding carboxylic acids is 1. The van der Waals surface area contributed by atoms with Crippen molar-refractivity contribution in [1.29, 1.82) is 0 Å². The number of nitrogens with zero attached hydrogens (tertiary/aromatic N) is 2. The molecule has 0 unspecified atom stereocenters. The van der Waals surface area contributed by atoms with Crippen LogP contribution in [0.25, 0.3) is 0 Å². The number of hydrogen-bond acceptors (Lipinski definition) is 5. The fraction of sp³-hybridized carbons (Fsp3) is 0.500. The van der Waals surface area contributed by atoms with E-state index >= 15 is 0 Å². The SMILES string of the molecule is CN(c1cncc(NC(=O)OC(C)(C)C)c1)S(C)(=O)=O. The highest BCUT2D eigenvalue weighted by Crippen LogP contribution is 2.19. The van der Waals surface area contributed by atoms with Gasteiger partial charge in [-0.2, -0.15) is 0 Å². The van der Waals surface area contributed by atoms with E-state index < -0.39 is 21.7 Å². The van der Waals surface area contributed by atoms with Gasteiger partial charge in [-0.25, -0.2) is 13.2 Å². The molecule has 0 bridgehead atoms. The van der Waals surface area contributed by atoms with Crippen LogP contribution in [0.1, 0.15) is 20.8 Å². The van der Waals surface area contributed by atoms with Gasteiger partial charge >= 0.3 is 6.09 Å². The minimum atomic E-state index is -3.38. The largest absolute Gasteiger partial charge is 0.444 e. The van der Waals surface area contributed by atoms with Crippen LogP contribution in [0.3, 0.4) is 0 Å². The lowest BCUT2D eigenvalue weighted by Crippen LogP contribution is -2.27. The van der Waals surface area contributed by atoms with Crippen molar-refractivity contribution in [2.45, 2.75) is 26.4 Å². The lowest BCUT2D eigenvalue weighted by Gasteiger charge is -2.20. The molecule has 112 valence electrons. The maximum Gasteiger partial charge on any atom is 0.412 e. The fourth-order valence-electron chi connectivity index (χ4n) is 1.28. The third kappa shape index (κ3) is 5.04. The lowest BCUT2D eigenvalue weighted by atomic mass is 10.2. The Bertz CT molecular complexity index is 593. The van der Waals surface area contributed by atoms with Gasteiger partial charge in [0.15, 0.2) is 0 Å². The molecule has 0 aliphatic rings. The fourth-order valence-corrected chi connectivity index (χ4v) is 1.76. The monoisotopic (exact) mass is 301 g/mol. The Kier molecular flexibility index (Phi) is 4.59. The van der Waals surface area contributed by atoms with E-state index in [-0.39, 0.29) is 0 Å². The number of sulfonamides is 1. The number of anilines is 2. The third-order valence-electron chi connectivity index (χ3n) is 2.23. The third-order valence-corrected chi connectivity index (χ3v) is 3.44. The molecule has 0 aliphatic carbocycles. The molecule has 1 heterocycles. The molecule has 0 saturated heterocycles. The van der Waals surface area contributed by atoms with Crippen LogP contribution in [0.2, 0.25) is 0 Å². The highest BCUT2D eigenvalue weighted by Gasteiger charge is 2.17. The zero-order valence-corrected chi connectivity index (χ0v) is 13.0. The molecular formula is C12H19N3O4S. The minimum Gasteiger partial charge on any atom is -0.444 e. The number of amides is 1. The van der Waals surface area contributed by atoms with Crippen molar-refractivity contribution in [3.8, 4) is 0 Å². The number of carbonyl (C=O) groups is 1. The average molecular weight is 301 g/mol. The number of rotatable bonds is 3. The molecule has 8 heteroatoms. The van der Waals surface area contributed by atoms with Crippen molar-refractivity contribution in [3.05, 3.63) is 18.5 Å². The zero-order chi connectivity index (χ0) is 15.6. The van der Waals surface area contributed by atoms with Gasteiger partial charge in [0.1, 0.15) is 5.60 Å². The first-order valence-corrected chi connectivity index (χ1v) is 7.73. The Hall–Kier alpha value is -1.83. The molecule has 1 aromatic rings. The summed E-state index contributed by atoms with van der Waals surface area (Å²) in [5, 5.41) is 2.50. The van der Waals surface area contributed by atoms with Gasteiger partial charge in [0.05, 0.1) is 30.0 Å². The van der Waals surface area contributed by atoms with Crippen molar-refractivity contribution >= 4 is 27.5 Å². The van der Waals surface area contributed by atoms with E-state index in [4.69, 9.17) is 4.74 Å². The smallest absolute Gasteiger partial charge is 0.412 e. The van der Waals surface area contributed by atoms with E-state index in [1.807, 2.05) is 0 Å². The first-order chi connectivity index (χ1) is 8.99. The van der Waals surface area contributed by atoms with Gasteiger partial charge in [0.2, 0.25) is 10.0 Å². The highest BCUT2D eigenvalue weighted by atomic mass is 32.2. The van der Waals surface area contributed by atoms with Crippen LogP contribution >= 0.6 is 0 Å². The van der Waals surface area contributed by atoms with Crippen LogP contribution in [-0.4, -0.2) is 38.4 Å². The normalized spacial score (nSPS) is 11.8. The van der Waals surface area contributed by atoms with E-state index in [2.05, 4.69) is 10.3 Å². The number of pyridine rings is 1. The van der Waals surface area contributed by atoms with Crippen LogP contribution in [0.5, 0.6) is 0 Å². The Morgan fingerprint density at radius 3 is 2.45 bits per heavy atom. The molecule has 20 heavy (non-hydrogen) atoms. The van der Waals surface area contributed by atoms with E-state index in [0.29, 0.717) is 11.4 Å². The van der Waals surface area contributed by atoms with Crippen LogP contribution in [0, 0.1) is 0 Å². The number of nitrogens with one attached hydrogen (secondary N) is 1. The maximum atomic E-state index is 11.6. The molecule has 0 aromatic carbocycles. The van der Waals surface area contributed by atoms with Crippen molar-refractivity contribution in [2.75, 3.05) is 22.9 Å².